The molecule has 0 saturated carbocycles. The third kappa shape index (κ3) is 18.2. The summed E-state index contributed by atoms with van der Waals surface area (Å²) < 4.78 is 0. The van der Waals surface area contributed by atoms with Gasteiger partial charge in [0.05, 0.1) is 19.1 Å². The van der Waals surface area contributed by atoms with Gasteiger partial charge in [-0.1, -0.05) is 127 Å². The second kappa shape index (κ2) is 22.8. The molecule has 1 aromatic carbocycles. The molecule has 0 aliphatic rings. The van der Waals surface area contributed by atoms with Crippen LogP contribution < -0.4 is 0 Å². The minimum absolute atomic E-state index is 0.339. The van der Waals surface area contributed by atoms with Gasteiger partial charge in [0.1, 0.15) is 6.10 Å². The average Bonchev–Trinajstić information content (AvgIpc) is 2.81. The summed E-state index contributed by atoms with van der Waals surface area (Å²) in [4.78, 5) is 11.5. The summed E-state index contributed by atoms with van der Waals surface area (Å²) in [7, 11) is 0. The fourth-order valence-electron chi connectivity index (χ4n) is 3.72. The van der Waals surface area contributed by atoms with E-state index >= 15 is 0 Å². The summed E-state index contributed by atoms with van der Waals surface area (Å²) in [5.41, 5.74) is 0.940. The Kier molecular flexibility index (Phi) is 21.7. The van der Waals surface area contributed by atoms with Gasteiger partial charge in [0.15, 0.2) is 0 Å². The van der Waals surface area contributed by atoms with Crippen LogP contribution in [0.1, 0.15) is 115 Å². The Bertz CT molecular complexity index is 516. The van der Waals surface area contributed by atoms with Gasteiger partial charge >= 0.3 is 5.97 Å². The van der Waals surface area contributed by atoms with E-state index in [9.17, 15) is 9.90 Å². The van der Waals surface area contributed by atoms with Crippen molar-refractivity contribution in [3.63, 3.8) is 0 Å². The second-order valence-electron chi connectivity index (χ2n) is 8.71. The van der Waals surface area contributed by atoms with Crippen molar-refractivity contribution >= 4 is 5.97 Å². The average molecular weight is 453 g/mol. The number of carboxylic acid groups (broad SMARTS) is 1. The molecule has 1 atom stereocenters. The lowest BCUT2D eigenvalue weighted by Gasteiger charge is -2.12. The number of rotatable bonds is 19. The molecule has 0 amide bonds. The van der Waals surface area contributed by atoms with Crippen molar-refractivity contribution in [1.82, 2.24) is 0 Å². The third-order valence-electron chi connectivity index (χ3n) is 5.77. The Balaban J connectivity index is 0.00000140. The maximum atomic E-state index is 11.5. The van der Waals surface area contributed by atoms with Gasteiger partial charge in [0.25, 0.3) is 0 Å². The summed E-state index contributed by atoms with van der Waals surface area (Å²) in [6, 6.07) is 9.66. The highest BCUT2D eigenvalue weighted by Crippen LogP contribution is 2.23. The summed E-state index contributed by atoms with van der Waals surface area (Å²) in [6.07, 6.45) is 18.5. The molecule has 186 valence electrons. The number of unbranched alkanes of at least 4 members (excludes halogenated alkanes) is 13. The fourth-order valence-corrected chi connectivity index (χ4v) is 3.72. The molecule has 32 heavy (non-hydrogen) atoms. The van der Waals surface area contributed by atoms with Crippen molar-refractivity contribution in [3.8, 4) is 0 Å². The summed E-state index contributed by atoms with van der Waals surface area (Å²) >= 11 is 0. The van der Waals surface area contributed by atoms with Crippen LogP contribution in [0.4, 0.5) is 0 Å². The minimum atomic E-state index is -0.954. The Morgan fingerprint density at radius 3 is 1.47 bits per heavy atom. The molecule has 1 rings (SSSR count). The van der Waals surface area contributed by atoms with E-state index in [0.29, 0.717) is 0 Å². The van der Waals surface area contributed by atoms with Gasteiger partial charge in [-0.25, -0.2) is 0 Å². The number of aliphatic hydroxyl groups is 3. The zero-order valence-corrected chi connectivity index (χ0v) is 20.3. The smallest absolute Gasteiger partial charge is 0.310 e. The van der Waals surface area contributed by atoms with Crippen LogP contribution in [0.15, 0.2) is 30.3 Å². The first kappa shape index (κ1) is 30.6. The van der Waals surface area contributed by atoms with Gasteiger partial charge in [-0.15, -0.1) is 0 Å². The van der Waals surface area contributed by atoms with Crippen LogP contribution in [0.2, 0.25) is 0 Å². The van der Waals surface area contributed by atoms with Crippen molar-refractivity contribution in [2.75, 3.05) is 13.2 Å². The van der Waals surface area contributed by atoms with Crippen molar-refractivity contribution in [2.24, 2.45) is 0 Å². The number of aliphatic carboxylic acids is 1. The molecule has 0 saturated heterocycles. The van der Waals surface area contributed by atoms with E-state index in [1.807, 2.05) is 30.3 Å². The highest BCUT2D eigenvalue weighted by molar-refractivity contribution is 5.75. The lowest BCUT2D eigenvalue weighted by atomic mass is 9.93. The van der Waals surface area contributed by atoms with E-state index in [1.165, 1.54) is 77.0 Å². The van der Waals surface area contributed by atoms with Crippen LogP contribution in [-0.4, -0.2) is 45.7 Å². The molecule has 1 unspecified atom stereocenters. The number of carbonyl (C=O) groups is 1. The number of carboxylic acids is 1. The Hall–Kier alpha value is -1.43. The first-order valence-electron chi connectivity index (χ1n) is 12.7. The van der Waals surface area contributed by atoms with Crippen molar-refractivity contribution in [1.29, 1.82) is 0 Å². The Labute approximate surface area is 195 Å². The first-order chi connectivity index (χ1) is 15.6. The van der Waals surface area contributed by atoms with Crippen LogP contribution in [0.5, 0.6) is 0 Å². The predicted octanol–water partition coefficient (Wildman–Crippen LogP) is 6.06. The number of hydrogen-bond donors (Lipinski definition) is 4. The number of hydrogen-bond acceptors (Lipinski definition) is 4. The monoisotopic (exact) mass is 452 g/mol. The molecule has 4 N–H and O–H groups in total. The van der Waals surface area contributed by atoms with Crippen molar-refractivity contribution in [2.45, 2.75) is 115 Å². The van der Waals surface area contributed by atoms with Crippen molar-refractivity contribution < 1.29 is 25.2 Å². The minimum Gasteiger partial charge on any atom is -0.481 e. The fraction of sp³-hybridized carbons (Fsp3) is 0.741. The quantitative estimate of drug-likeness (QED) is 0.191. The van der Waals surface area contributed by atoms with Gasteiger partial charge in [-0.2, -0.15) is 0 Å². The topological polar surface area (TPSA) is 98.0 Å². The number of aliphatic hydroxyl groups excluding tert-OH is 3. The molecule has 0 aliphatic heterocycles. The van der Waals surface area contributed by atoms with Crippen LogP contribution in [0, 0.1) is 0 Å². The molecule has 5 heteroatoms. The number of benzene rings is 1. The van der Waals surface area contributed by atoms with E-state index in [-0.39, 0.29) is 19.1 Å². The standard InChI is InChI=1S/C24H40O2.C3H8O3/c1-2-3-4-5-6-7-8-9-10-11-12-13-14-18-21-23(24(25)26)22-19-16-15-17-20-22;4-1-3(6)2-5/h15-17,19-20,23H,2-14,18,21H2,1H3,(H,25,26);3-6H,1-2H2. The summed E-state index contributed by atoms with van der Waals surface area (Å²) in [5, 5.41) is 33.4. The molecule has 0 fully saturated rings. The highest BCUT2D eigenvalue weighted by Gasteiger charge is 2.18. The molecule has 0 spiro atoms. The SMILES string of the molecule is CCCCCCCCCCCCCCCCC(C(=O)O)c1ccccc1.OCC(O)CO. The normalized spacial score (nSPS) is 11.8. The van der Waals surface area contributed by atoms with Gasteiger partial charge in [0.2, 0.25) is 0 Å². The second-order valence-corrected chi connectivity index (χ2v) is 8.71. The maximum absolute atomic E-state index is 11.5. The molecular formula is C27H48O5. The molecule has 0 aromatic heterocycles. The lowest BCUT2D eigenvalue weighted by molar-refractivity contribution is -0.139. The predicted molar refractivity (Wildman–Crippen MR) is 132 cm³/mol. The molecule has 0 radical (unpaired) electrons. The van der Waals surface area contributed by atoms with Crippen LogP contribution in [-0.2, 0) is 4.79 Å². The van der Waals surface area contributed by atoms with Crippen molar-refractivity contribution in [3.05, 3.63) is 35.9 Å². The van der Waals surface area contributed by atoms with Gasteiger partial charge < -0.3 is 20.4 Å². The van der Waals surface area contributed by atoms with Crippen LogP contribution >= 0.6 is 0 Å². The van der Waals surface area contributed by atoms with E-state index in [1.54, 1.807) is 0 Å². The van der Waals surface area contributed by atoms with Gasteiger partial charge in [-0.3, -0.25) is 4.79 Å². The lowest BCUT2D eigenvalue weighted by Crippen LogP contribution is -2.15. The van der Waals surface area contributed by atoms with Crippen LogP contribution in [0.3, 0.4) is 0 Å². The molecule has 0 aliphatic carbocycles. The largest absolute Gasteiger partial charge is 0.481 e. The van der Waals surface area contributed by atoms with E-state index in [2.05, 4.69) is 6.92 Å². The molecular weight excluding hydrogens is 404 g/mol. The van der Waals surface area contributed by atoms with E-state index in [0.717, 1.165) is 24.8 Å². The van der Waals surface area contributed by atoms with E-state index < -0.39 is 12.1 Å². The Morgan fingerprint density at radius 2 is 1.12 bits per heavy atom. The third-order valence-corrected chi connectivity index (χ3v) is 5.77. The zero-order chi connectivity index (χ0) is 23.9. The summed E-state index contributed by atoms with van der Waals surface area (Å²) in [6.45, 7) is 1.54. The molecule has 0 bridgehead atoms. The zero-order valence-electron chi connectivity index (χ0n) is 20.3. The summed E-state index contributed by atoms with van der Waals surface area (Å²) in [5.74, 6) is -1.03. The molecule has 5 nitrogen and oxygen atoms in total. The first-order valence-corrected chi connectivity index (χ1v) is 12.7. The maximum Gasteiger partial charge on any atom is 0.310 e. The highest BCUT2D eigenvalue weighted by atomic mass is 16.4. The van der Waals surface area contributed by atoms with E-state index in [4.69, 9.17) is 15.3 Å². The van der Waals surface area contributed by atoms with Crippen LogP contribution in [0.25, 0.3) is 0 Å². The molecule has 1 aromatic rings. The molecule has 0 heterocycles. The van der Waals surface area contributed by atoms with Gasteiger partial charge in [0, 0.05) is 0 Å². The van der Waals surface area contributed by atoms with Gasteiger partial charge in [-0.05, 0) is 12.0 Å². The Morgan fingerprint density at radius 1 is 0.719 bits per heavy atom.